The number of hydrogen-bond donors (Lipinski definition) is 1. The number of aliphatic hydroxyl groups excluding tert-OH is 1. The number of aliphatic hydroxyl groups is 1. The number of halogens is 1. The van der Waals surface area contributed by atoms with Crippen molar-refractivity contribution in [3.8, 4) is 0 Å². The first-order valence-corrected chi connectivity index (χ1v) is 5.26. The average Bonchev–Trinajstić information content (AvgIpc) is 2.35. The third-order valence-corrected chi connectivity index (χ3v) is 2.93. The van der Waals surface area contributed by atoms with Crippen LogP contribution in [0, 0.1) is 0 Å². The lowest BCUT2D eigenvalue weighted by Gasteiger charge is -2.25. The molecule has 1 aromatic rings. The van der Waals surface area contributed by atoms with E-state index in [9.17, 15) is 14.0 Å². The fourth-order valence-corrected chi connectivity index (χ4v) is 2.00. The van der Waals surface area contributed by atoms with E-state index in [2.05, 4.69) is 0 Å². The summed E-state index contributed by atoms with van der Waals surface area (Å²) in [5, 5.41) is 8.74. The maximum atomic E-state index is 13.9. The Morgan fingerprint density at radius 3 is 2.47 bits per heavy atom. The second-order valence-electron chi connectivity index (χ2n) is 3.95. The largest absolute Gasteiger partial charge is 0.515 e. The molecule has 2 unspecified atom stereocenters. The standard InChI is InChI=1S/C13H11FO3/c14-12-9(8-4-2-1-3-5-8)6-11(16)10(7-15)13(12)17/h1-5,7,9,12,15H,6H2/b10-7+. The Balaban J connectivity index is 2.34. The second kappa shape index (κ2) is 4.49. The first-order valence-electron chi connectivity index (χ1n) is 5.26. The zero-order valence-electron chi connectivity index (χ0n) is 8.97. The van der Waals surface area contributed by atoms with Crippen LogP contribution in [0.1, 0.15) is 17.9 Å². The van der Waals surface area contributed by atoms with Gasteiger partial charge in [-0.05, 0) is 5.56 Å². The van der Waals surface area contributed by atoms with Crippen LogP contribution in [0.5, 0.6) is 0 Å². The lowest BCUT2D eigenvalue weighted by atomic mass is 9.79. The Morgan fingerprint density at radius 1 is 1.24 bits per heavy atom. The average molecular weight is 234 g/mol. The normalized spacial score (nSPS) is 27.5. The van der Waals surface area contributed by atoms with Crippen LogP contribution in [0.15, 0.2) is 42.2 Å². The Bertz CT molecular complexity index is 479. The minimum absolute atomic E-state index is 0.0939. The van der Waals surface area contributed by atoms with E-state index < -0.39 is 29.2 Å². The quantitative estimate of drug-likeness (QED) is 0.460. The molecule has 0 heterocycles. The molecule has 17 heavy (non-hydrogen) atoms. The molecule has 4 heteroatoms. The molecular formula is C13H11FO3. The van der Waals surface area contributed by atoms with Crippen molar-refractivity contribution < 1.29 is 19.1 Å². The minimum atomic E-state index is -1.77. The van der Waals surface area contributed by atoms with Gasteiger partial charge in [0.05, 0.1) is 11.8 Å². The molecule has 0 aromatic heterocycles. The summed E-state index contributed by atoms with van der Waals surface area (Å²) < 4.78 is 13.9. The van der Waals surface area contributed by atoms with Gasteiger partial charge in [0, 0.05) is 12.3 Å². The molecule has 0 aliphatic heterocycles. The Kier molecular flexibility index (Phi) is 3.04. The number of ketones is 2. The van der Waals surface area contributed by atoms with Crippen LogP contribution in [-0.2, 0) is 9.59 Å². The number of alkyl halides is 1. The van der Waals surface area contributed by atoms with E-state index in [0.29, 0.717) is 11.8 Å². The Hall–Kier alpha value is -1.97. The number of rotatable bonds is 1. The zero-order chi connectivity index (χ0) is 12.4. The third kappa shape index (κ3) is 1.98. The molecule has 88 valence electrons. The van der Waals surface area contributed by atoms with Crippen molar-refractivity contribution >= 4 is 11.6 Å². The number of allylic oxidation sites excluding steroid dienone is 1. The Morgan fingerprint density at radius 2 is 1.88 bits per heavy atom. The number of Topliss-reactive ketones (excluding diaryl/α,β-unsaturated/α-hetero) is 2. The highest BCUT2D eigenvalue weighted by molar-refractivity contribution is 6.23. The number of benzene rings is 1. The predicted molar refractivity (Wildman–Crippen MR) is 59.4 cm³/mol. The number of hydrogen-bond acceptors (Lipinski definition) is 3. The molecule has 1 aromatic carbocycles. The van der Waals surface area contributed by atoms with E-state index in [0.717, 1.165) is 0 Å². The molecular weight excluding hydrogens is 223 g/mol. The van der Waals surface area contributed by atoms with Crippen LogP contribution >= 0.6 is 0 Å². The smallest absolute Gasteiger partial charge is 0.204 e. The highest BCUT2D eigenvalue weighted by Gasteiger charge is 2.40. The molecule has 2 rings (SSSR count). The van der Waals surface area contributed by atoms with Crippen molar-refractivity contribution in [3.05, 3.63) is 47.7 Å². The molecule has 1 fully saturated rings. The van der Waals surface area contributed by atoms with Crippen LogP contribution < -0.4 is 0 Å². The van der Waals surface area contributed by atoms with Gasteiger partial charge in [-0.3, -0.25) is 9.59 Å². The van der Waals surface area contributed by atoms with Gasteiger partial charge in [0.2, 0.25) is 5.78 Å². The molecule has 0 saturated heterocycles. The van der Waals surface area contributed by atoms with Crippen molar-refractivity contribution in [1.82, 2.24) is 0 Å². The summed E-state index contributed by atoms with van der Waals surface area (Å²) in [6, 6.07) is 8.61. The van der Waals surface area contributed by atoms with Gasteiger partial charge in [0.15, 0.2) is 12.0 Å². The molecule has 0 radical (unpaired) electrons. The summed E-state index contributed by atoms with van der Waals surface area (Å²) in [5.74, 6) is -2.20. The monoisotopic (exact) mass is 234 g/mol. The first kappa shape index (κ1) is 11.5. The van der Waals surface area contributed by atoms with Crippen LogP contribution in [0.4, 0.5) is 4.39 Å². The second-order valence-corrected chi connectivity index (χ2v) is 3.95. The molecule has 1 aliphatic rings. The molecule has 0 amide bonds. The van der Waals surface area contributed by atoms with Crippen LogP contribution in [0.3, 0.4) is 0 Å². The molecule has 2 atom stereocenters. The van der Waals surface area contributed by atoms with E-state index in [4.69, 9.17) is 5.11 Å². The van der Waals surface area contributed by atoms with Crippen molar-refractivity contribution in [2.24, 2.45) is 0 Å². The highest BCUT2D eigenvalue weighted by Crippen LogP contribution is 2.33. The van der Waals surface area contributed by atoms with E-state index in [1.807, 2.05) is 0 Å². The molecule has 1 aliphatic carbocycles. The van der Waals surface area contributed by atoms with Crippen LogP contribution in [-0.4, -0.2) is 22.8 Å². The summed E-state index contributed by atoms with van der Waals surface area (Å²) in [4.78, 5) is 23.1. The summed E-state index contributed by atoms with van der Waals surface area (Å²) in [6.07, 6.45) is -1.46. The molecule has 3 nitrogen and oxygen atoms in total. The summed E-state index contributed by atoms with van der Waals surface area (Å²) in [5.41, 5.74) is 0.184. The maximum Gasteiger partial charge on any atom is 0.204 e. The highest BCUT2D eigenvalue weighted by atomic mass is 19.1. The van der Waals surface area contributed by atoms with Crippen molar-refractivity contribution in [1.29, 1.82) is 0 Å². The molecule has 1 saturated carbocycles. The Labute approximate surface area is 97.6 Å². The van der Waals surface area contributed by atoms with Gasteiger partial charge < -0.3 is 5.11 Å². The SMILES string of the molecule is O=C1CC(c2ccccc2)C(F)C(=O)/C1=C/O. The van der Waals surface area contributed by atoms with Gasteiger partial charge in [0.25, 0.3) is 0 Å². The molecule has 0 bridgehead atoms. The third-order valence-electron chi connectivity index (χ3n) is 2.93. The summed E-state index contributed by atoms with van der Waals surface area (Å²) in [7, 11) is 0. The van der Waals surface area contributed by atoms with Gasteiger partial charge in [-0.15, -0.1) is 0 Å². The minimum Gasteiger partial charge on any atom is -0.515 e. The lowest BCUT2D eigenvalue weighted by molar-refractivity contribution is -0.128. The van der Waals surface area contributed by atoms with E-state index in [1.54, 1.807) is 30.3 Å². The van der Waals surface area contributed by atoms with Gasteiger partial charge in [-0.1, -0.05) is 30.3 Å². The van der Waals surface area contributed by atoms with Gasteiger partial charge in [-0.25, -0.2) is 4.39 Å². The van der Waals surface area contributed by atoms with Crippen molar-refractivity contribution in [2.45, 2.75) is 18.5 Å². The van der Waals surface area contributed by atoms with E-state index in [-0.39, 0.29) is 6.42 Å². The summed E-state index contributed by atoms with van der Waals surface area (Å²) in [6.45, 7) is 0. The van der Waals surface area contributed by atoms with Crippen molar-refractivity contribution in [2.75, 3.05) is 0 Å². The zero-order valence-corrected chi connectivity index (χ0v) is 8.97. The van der Waals surface area contributed by atoms with Crippen LogP contribution in [0.25, 0.3) is 0 Å². The van der Waals surface area contributed by atoms with Gasteiger partial charge in [-0.2, -0.15) is 0 Å². The predicted octanol–water partition coefficient (Wildman–Crippen LogP) is 2.09. The van der Waals surface area contributed by atoms with Gasteiger partial charge >= 0.3 is 0 Å². The van der Waals surface area contributed by atoms with Gasteiger partial charge in [0.1, 0.15) is 0 Å². The summed E-state index contributed by atoms with van der Waals surface area (Å²) >= 11 is 0. The van der Waals surface area contributed by atoms with Crippen LogP contribution in [0.2, 0.25) is 0 Å². The number of carbonyl (C=O) groups excluding carboxylic acids is 2. The van der Waals surface area contributed by atoms with E-state index in [1.165, 1.54) is 0 Å². The first-order chi connectivity index (χ1) is 8.15. The lowest BCUT2D eigenvalue weighted by Crippen LogP contribution is -2.35. The van der Waals surface area contributed by atoms with E-state index >= 15 is 0 Å². The topological polar surface area (TPSA) is 54.4 Å². The fraction of sp³-hybridized carbons (Fsp3) is 0.231. The molecule has 0 spiro atoms. The molecule has 1 N–H and O–H groups in total. The number of carbonyl (C=O) groups is 2. The van der Waals surface area contributed by atoms with Crippen molar-refractivity contribution in [3.63, 3.8) is 0 Å². The fourth-order valence-electron chi connectivity index (χ4n) is 2.00. The maximum absolute atomic E-state index is 13.9.